The van der Waals surface area contributed by atoms with E-state index < -0.39 is 23.6 Å². The largest absolute Gasteiger partial charge is 0.479 e. The van der Waals surface area contributed by atoms with Crippen molar-refractivity contribution in [2.75, 3.05) is 0 Å². The minimum absolute atomic E-state index is 0.125. The molecule has 12 aromatic rings. The van der Waals surface area contributed by atoms with Crippen LogP contribution in [0.5, 0.6) is 11.5 Å². The molecule has 0 atom stereocenters. The van der Waals surface area contributed by atoms with Crippen LogP contribution in [0.25, 0.3) is 103 Å². The Kier molecular flexibility index (Phi) is 21.7. The van der Waals surface area contributed by atoms with Crippen molar-refractivity contribution in [3.63, 3.8) is 0 Å². The number of thiophene rings is 4. The Balaban J connectivity index is 0.000000158. The van der Waals surface area contributed by atoms with E-state index >= 15 is 0 Å². The predicted molar refractivity (Wildman–Crippen MR) is 447 cm³/mol. The number of halogens is 6. The number of thiazole rings is 4. The lowest BCUT2D eigenvalue weighted by atomic mass is 9.78. The molecule has 8 aliphatic rings. The van der Waals surface area contributed by atoms with E-state index in [1.165, 1.54) is 56.7 Å². The predicted octanol–water partition coefficient (Wildman–Crippen LogP) is 25.5. The number of fused-ring (bicyclic) bond motifs is 20. The van der Waals surface area contributed by atoms with Gasteiger partial charge in [0.1, 0.15) is 60.0 Å². The summed E-state index contributed by atoms with van der Waals surface area (Å²) in [6.07, 6.45) is 8.45. The molecule has 30 heteroatoms. The van der Waals surface area contributed by atoms with Crippen LogP contribution in [0.15, 0.2) is 131 Å². The van der Waals surface area contributed by atoms with Gasteiger partial charge in [-0.05, 0) is 86.8 Å². The maximum Gasteiger partial charge on any atom is 0.386 e. The van der Waals surface area contributed by atoms with Gasteiger partial charge in [0.15, 0.2) is 46.2 Å². The SMILES string of the molecule is CC.CC.CC(F)(F)F.CC(F)(F)F.O=C1C(=Cc2nc3sc4c(c3s2)OC2(CCCCC2)c2c-4sc3nc(C=C4C(=O)c5ccccc5C4=O)sc23)C(=O)c2ccccc21.[C-]#[N+]C(C#N)=C1/C(=C/c2nc3sc4c(c3s2)OC2(CCCCC2)c2c-4sc3nc(/C=C4\C(=O)c5ccccc5\C4=C(\C#N)[N+]#[C-])sc23)C(=O)c2ccccc21. The first-order chi connectivity index (χ1) is 55.8. The number of Topliss-reactive ketones (excluding diaryl/α,β-unsaturated/α-hetero) is 6. The lowest BCUT2D eigenvalue weighted by Gasteiger charge is -2.40. The molecular formula is C86H58F6N8O8S8. The normalized spacial score (nSPS) is 17.7. The van der Waals surface area contributed by atoms with Crippen LogP contribution in [-0.2, 0) is 11.2 Å². The second-order valence-electron chi connectivity index (χ2n) is 27.0. The quantitative estimate of drug-likeness (QED) is 0.0525. The van der Waals surface area contributed by atoms with Gasteiger partial charge in [0, 0.05) is 80.6 Å². The van der Waals surface area contributed by atoms with Gasteiger partial charge in [-0.3, -0.25) is 28.8 Å². The standard InChI is InChI=1S/C42H20N6O3S4.C36H20N2O5S4.2C2H3F3.2C2H6/c1-45-26(18-43)30-20-10-4-6-12-22(20)33(49)24(30)16-28-47-40-37(52-28)32-36(54-40)38-35(51-42(32)14-8-3-9-15-42)39-41(55-38)48-29(53-39)17-25-31(27(19-44)46-2)21-11-5-7-13-23(21)34(25)50;39-25-16-8-2-3-9-17(16)26(40)20(25)14-22-37-34-31(44-22)24-30(46-34)32-29(43-36(24)12-6-1-7-13-36)33-35(47-32)38-23(45-33)15-21-27(41)18-10-4-5-11-19(18)28(21)42;2*1-2(3,4)5;2*1-2/h4-7,10-13,16-17H,3,8-9,14-15H2;2-5,8-11,14-15H,1,6-7,12-13H2;2*1H3;2*1-2H3/b24-16-,25-17-,30-26+,31-27?;;;;;. The van der Waals surface area contributed by atoms with Gasteiger partial charge >= 0.3 is 12.4 Å². The van der Waals surface area contributed by atoms with E-state index in [9.17, 15) is 65.6 Å². The molecule has 10 heterocycles. The highest BCUT2D eigenvalue weighted by atomic mass is 32.1. The van der Waals surface area contributed by atoms with Crippen molar-refractivity contribution >= 4 is 199 Å². The minimum atomic E-state index is -4.00. The number of nitriles is 2. The number of ether oxygens (including phenoxy) is 2. The first-order valence-corrected chi connectivity index (χ1v) is 43.1. The summed E-state index contributed by atoms with van der Waals surface area (Å²) in [6.45, 7) is 23.6. The molecule has 580 valence electrons. The molecule has 0 amide bonds. The number of rotatable bonds is 4. The molecule has 0 radical (unpaired) electrons. The van der Waals surface area contributed by atoms with Crippen LogP contribution in [0.3, 0.4) is 0 Å². The van der Waals surface area contributed by atoms with E-state index in [1.807, 2.05) is 39.8 Å². The van der Waals surface area contributed by atoms with Gasteiger partial charge in [-0.1, -0.05) is 138 Å². The fourth-order valence-electron chi connectivity index (χ4n) is 15.4. The van der Waals surface area contributed by atoms with E-state index in [2.05, 4.69) is 9.69 Å². The Morgan fingerprint density at radius 1 is 0.397 bits per heavy atom. The second kappa shape index (κ2) is 31.5. The third-order valence-electron chi connectivity index (χ3n) is 19.9. The maximum atomic E-state index is 13.6. The first kappa shape index (κ1) is 80.0. The van der Waals surface area contributed by atoms with Crippen molar-refractivity contribution in [1.29, 1.82) is 10.5 Å². The smallest absolute Gasteiger partial charge is 0.386 e. The summed E-state index contributed by atoms with van der Waals surface area (Å²) in [7, 11) is 0. The molecule has 0 unspecified atom stereocenters. The van der Waals surface area contributed by atoms with E-state index in [1.54, 1.807) is 155 Å². The molecule has 0 saturated heterocycles. The summed E-state index contributed by atoms with van der Waals surface area (Å²) < 4.78 is 80.3. The van der Waals surface area contributed by atoms with Crippen LogP contribution in [0.2, 0.25) is 0 Å². The topological polar surface area (TPSA) is 229 Å². The number of alkyl halides is 6. The molecule has 116 heavy (non-hydrogen) atoms. The number of allylic oxidation sites excluding steroid dienone is 8. The average Bonchev–Trinajstić information content (AvgIpc) is 1.54. The van der Waals surface area contributed by atoms with Gasteiger partial charge in [-0.15, -0.1) is 90.7 Å². The molecule has 8 aromatic heterocycles. The third-order valence-corrected chi connectivity index (χ3v) is 29.1. The van der Waals surface area contributed by atoms with Gasteiger partial charge in [0.2, 0.25) is 0 Å². The molecule has 16 nitrogen and oxygen atoms in total. The van der Waals surface area contributed by atoms with Crippen molar-refractivity contribution in [3.05, 3.63) is 229 Å². The fourth-order valence-corrected chi connectivity index (χ4v) is 25.4. The van der Waals surface area contributed by atoms with E-state index in [-0.39, 0.29) is 76.7 Å². The van der Waals surface area contributed by atoms with Crippen LogP contribution < -0.4 is 9.47 Å². The Morgan fingerprint density at radius 2 is 0.638 bits per heavy atom. The van der Waals surface area contributed by atoms with Crippen molar-refractivity contribution < 1.29 is 64.6 Å². The highest BCUT2D eigenvalue weighted by Crippen LogP contribution is 2.64. The van der Waals surface area contributed by atoms with Crippen molar-refractivity contribution in [3.8, 4) is 43.1 Å². The molecule has 2 fully saturated rings. The number of ketones is 6. The number of carbonyl (C=O) groups excluding carboxylic acids is 6. The van der Waals surface area contributed by atoms with Gasteiger partial charge in [-0.2, -0.15) is 26.3 Å². The lowest BCUT2D eigenvalue weighted by molar-refractivity contribution is -0.111. The maximum absolute atomic E-state index is 13.6. The Bertz CT molecular complexity index is 6500. The number of carbonyl (C=O) groups is 6. The van der Waals surface area contributed by atoms with Crippen LogP contribution in [0.1, 0.15) is 210 Å². The Hall–Kier alpha value is -11.2. The number of benzene rings is 4. The van der Waals surface area contributed by atoms with Crippen LogP contribution in [0, 0.1) is 35.8 Å². The fraction of sp³-hybridized carbons (Fsp3) is 0.233. The Morgan fingerprint density at radius 3 is 0.922 bits per heavy atom. The number of aromatic nitrogens is 4. The highest BCUT2D eigenvalue weighted by molar-refractivity contribution is 7.35. The summed E-state index contributed by atoms with van der Waals surface area (Å²) in [5, 5.41) is 22.0. The summed E-state index contributed by atoms with van der Waals surface area (Å²) >= 11 is 12.2. The van der Waals surface area contributed by atoms with Gasteiger partial charge in [-0.25, -0.2) is 40.1 Å². The lowest BCUT2D eigenvalue weighted by Crippen LogP contribution is -2.37. The molecule has 2 aliphatic heterocycles. The third kappa shape index (κ3) is 14.1. The number of hydrogen-bond acceptors (Lipinski definition) is 22. The van der Waals surface area contributed by atoms with Crippen molar-refractivity contribution in [1.82, 2.24) is 19.9 Å². The van der Waals surface area contributed by atoms with Crippen LogP contribution in [0.4, 0.5) is 26.3 Å². The summed E-state index contributed by atoms with van der Waals surface area (Å²) in [5.74, 6) is 0.107. The molecule has 4 aromatic carbocycles. The van der Waals surface area contributed by atoms with Gasteiger partial charge in [0.05, 0.1) is 65.3 Å². The van der Waals surface area contributed by atoms with Gasteiger partial charge in [0.25, 0.3) is 11.4 Å². The van der Waals surface area contributed by atoms with E-state index in [0.717, 1.165) is 144 Å². The van der Waals surface area contributed by atoms with E-state index in [4.69, 9.17) is 42.6 Å². The van der Waals surface area contributed by atoms with Crippen molar-refractivity contribution in [2.24, 2.45) is 0 Å². The number of hydrogen-bond donors (Lipinski definition) is 0. The molecule has 20 rings (SSSR count). The van der Waals surface area contributed by atoms with E-state index in [0.29, 0.717) is 81.3 Å². The molecular weight excluding hydrogens is 1640 g/mol. The minimum Gasteiger partial charge on any atom is -0.479 e. The molecule has 0 bridgehead atoms. The summed E-state index contributed by atoms with van der Waals surface area (Å²) in [5.41, 5.74) is 6.38. The Labute approximate surface area is 690 Å². The zero-order valence-electron chi connectivity index (χ0n) is 62.0. The summed E-state index contributed by atoms with van der Waals surface area (Å²) in [4.78, 5) is 114. The zero-order chi connectivity index (χ0) is 82.2. The monoisotopic (exact) mass is 1700 g/mol. The first-order valence-electron chi connectivity index (χ1n) is 36.6. The molecule has 0 N–H and O–H groups in total. The van der Waals surface area contributed by atoms with Crippen LogP contribution in [-0.4, -0.2) is 67.0 Å². The van der Waals surface area contributed by atoms with Crippen LogP contribution >= 0.6 is 90.7 Å². The summed E-state index contributed by atoms with van der Waals surface area (Å²) in [6, 6.07) is 31.9. The second-order valence-corrected chi connectivity index (χ2v) is 35.2. The molecule has 2 spiro atoms. The highest BCUT2D eigenvalue weighted by Gasteiger charge is 2.50. The number of nitrogens with zero attached hydrogens (tertiary/aromatic N) is 8. The zero-order valence-corrected chi connectivity index (χ0v) is 68.5. The van der Waals surface area contributed by atoms with Crippen molar-refractivity contribution in [2.45, 2.75) is 129 Å². The molecule has 6 aliphatic carbocycles. The van der Waals surface area contributed by atoms with Gasteiger partial charge < -0.3 is 9.47 Å². The molecule has 2 saturated carbocycles. The average molecular weight is 1700 g/mol.